The third kappa shape index (κ3) is 3.17. The summed E-state index contributed by atoms with van der Waals surface area (Å²) in [6.45, 7) is 3.79. The quantitative estimate of drug-likeness (QED) is 0.570. The molecule has 92 valence electrons. The Kier molecular flexibility index (Phi) is 3.93. The average Bonchev–Trinajstić information content (AvgIpc) is 2.68. The third-order valence-electron chi connectivity index (χ3n) is 2.61. The molecule has 1 unspecified atom stereocenters. The summed E-state index contributed by atoms with van der Waals surface area (Å²) in [4.78, 5) is 15.2. The molecule has 1 aliphatic heterocycles. The number of ether oxygens (including phenoxy) is 2. The van der Waals surface area contributed by atoms with Crippen LogP contribution in [0, 0.1) is 0 Å². The number of hydrogen-bond acceptors (Lipinski definition) is 4. The molecular formula is C12H16N2O3. The van der Waals surface area contributed by atoms with Gasteiger partial charge in [0, 0.05) is 12.7 Å². The molecule has 1 aliphatic rings. The molecule has 0 amide bonds. The molecular weight excluding hydrogens is 220 g/mol. The summed E-state index contributed by atoms with van der Waals surface area (Å²) in [6.07, 6.45) is 7.95. The SMILES string of the molecule is CCOC(=O)/C=C/c1cncn1CC1CCO1. The number of nitrogens with zero attached hydrogens (tertiary/aromatic N) is 2. The van der Waals surface area contributed by atoms with Gasteiger partial charge in [-0.05, 0) is 19.4 Å². The van der Waals surface area contributed by atoms with Crippen molar-refractivity contribution in [2.45, 2.75) is 26.0 Å². The predicted octanol–water partition coefficient (Wildman–Crippen LogP) is 1.25. The predicted molar refractivity (Wildman–Crippen MR) is 62.3 cm³/mol. The zero-order chi connectivity index (χ0) is 12.1. The minimum atomic E-state index is -0.333. The molecule has 1 aromatic rings. The fourth-order valence-corrected chi connectivity index (χ4v) is 1.61. The van der Waals surface area contributed by atoms with E-state index in [0.717, 1.165) is 25.3 Å². The lowest BCUT2D eigenvalue weighted by Gasteiger charge is -2.26. The van der Waals surface area contributed by atoms with Gasteiger partial charge in [0.2, 0.25) is 0 Å². The van der Waals surface area contributed by atoms with E-state index < -0.39 is 0 Å². The first-order chi connectivity index (χ1) is 8.29. The Morgan fingerprint density at radius 2 is 2.59 bits per heavy atom. The second-order valence-electron chi connectivity index (χ2n) is 3.84. The van der Waals surface area contributed by atoms with Gasteiger partial charge in [0.15, 0.2) is 0 Å². The van der Waals surface area contributed by atoms with E-state index in [4.69, 9.17) is 9.47 Å². The second-order valence-corrected chi connectivity index (χ2v) is 3.84. The van der Waals surface area contributed by atoms with Crippen molar-refractivity contribution < 1.29 is 14.3 Å². The van der Waals surface area contributed by atoms with Gasteiger partial charge in [0.25, 0.3) is 0 Å². The van der Waals surface area contributed by atoms with Crippen molar-refractivity contribution in [3.63, 3.8) is 0 Å². The van der Waals surface area contributed by atoms with Gasteiger partial charge in [-0.3, -0.25) is 0 Å². The highest BCUT2D eigenvalue weighted by Crippen LogP contribution is 2.14. The lowest BCUT2D eigenvalue weighted by Crippen LogP contribution is -2.31. The number of hydrogen-bond donors (Lipinski definition) is 0. The molecule has 0 aromatic carbocycles. The van der Waals surface area contributed by atoms with Gasteiger partial charge in [-0.25, -0.2) is 9.78 Å². The van der Waals surface area contributed by atoms with Crippen LogP contribution in [0.3, 0.4) is 0 Å². The molecule has 17 heavy (non-hydrogen) atoms. The summed E-state index contributed by atoms with van der Waals surface area (Å²) in [6, 6.07) is 0. The van der Waals surface area contributed by atoms with Gasteiger partial charge >= 0.3 is 5.97 Å². The van der Waals surface area contributed by atoms with E-state index in [1.54, 1.807) is 25.5 Å². The van der Waals surface area contributed by atoms with Crippen LogP contribution in [0.5, 0.6) is 0 Å². The highest BCUT2D eigenvalue weighted by Gasteiger charge is 2.18. The first kappa shape index (κ1) is 11.9. The number of carbonyl (C=O) groups excluding carboxylic acids is 1. The van der Waals surface area contributed by atoms with E-state index in [1.807, 2.05) is 4.57 Å². The lowest BCUT2D eigenvalue weighted by molar-refractivity contribution is -0.137. The lowest BCUT2D eigenvalue weighted by atomic mass is 10.2. The summed E-state index contributed by atoms with van der Waals surface area (Å²) in [7, 11) is 0. The van der Waals surface area contributed by atoms with Crippen LogP contribution < -0.4 is 0 Å². The highest BCUT2D eigenvalue weighted by atomic mass is 16.5. The van der Waals surface area contributed by atoms with Gasteiger partial charge in [0.1, 0.15) is 0 Å². The molecule has 0 N–H and O–H groups in total. The van der Waals surface area contributed by atoms with E-state index in [0.29, 0.717) is 6.61 Å². The van der Waals surface area contributed by atoms with Crippen LogP contribution in [0.25, 0.3) is 6.08 Å². The minimum Gasteiger partial charge on any atom is -0.463 e. The molecule has 0 saturated carbocycles. The Labute approximate surface area is 100 Å². The Balaban J connectivity index is 1.95. The number of imidazole rings is 1. The zero-order valence-corrected chi connectivity index (χ0v) is 9.83. The van der Waals surface area contributed by atoms with Gasteiger partial charge in [0.05, 0.1) is 37.5 Å². The van der Waals surface area contributed by atoms with E-state index in [-0.39, 0.29) is 12.1 Å². The molecule has 1 fully saturated rings. The second kappa shape index (κ2) is 5.63. The minimum absolute atomic E-state index is 0.277. The summed E-state index contributed by atoms with van der Waals surface area (Å²) in [5.74, 6) is -0.333. The number of carbonyl (C=O) groups is 1. The van der Waals surface area contributed by atoms with Crippen molar-refractivity contribution in [1.82, 2.24) is 9.55 Å². The smallest absolute Gasteiger partial charge is 0.330 e. The maximum atomic E-state index is 11.2. The van der Waals surface area contributed by atoms with Crippen molar-refractivity contribution in [3.8, 4) is 0 Å². The highest BCUT2D eigenvalue weighted by molar-refractivity contribution is 5.86. The van der Waals surface area contributed by atoms with Crippen molar-refractivity contribution in [3.05, 3.63) is 24.3 Å². The van der Waals surface area contributed by atoms with Crippen LogP contribution in [-0.2, 0) is 20.8 Å². The fraction of sp³-hybridized carbons (Fsp3) is 0.500. The molecule has 1 saturated heterocycles. The van der Waals surface area contributed by atoms with Crippen molar-refractivity contribution in [2.24, 2.45) is 0 Å². The summed E-state index contributed by atoms with van der Waals surface area (Å²) < 4.78 is 12.1. The topological polar surface area (TPSA) is 53.3 Å². The molecule has 2 rings (SSSR count). The molecule has 0 spiro atoms. The van der Waals surface area contributed by atoms with Crippen molar-refractivity contribution in [2.75, 3.05) is 13.2 Å². The van der Waals surface area contributed by atoms with Crippen LogP contribution in [0.1, 0.15) is 19.0 Å². The summed E-state index contributed by atoms with van der Waals surface area (Å²) in [5.41, 5.74) is 0.883. The van der Waals surface area contributed by atoms with Crippen molar-refractivity contribution in [1.29, 1.82) is 0 Å². The summed E-state index contributed by atoms with van der Waals surface area (Å²) >= 11 is 0. The molecule has 0 radical (unpaired) electrons. The van der Waals surface area contributed by atoms with Gasteiger partial charge in [-0.15, -0.1) is 0 Å². The van der Waals surface area contributed by atoms with E-state index >= 15 is 0 Å². The maximum Gasteiger partial charge on any atom is 0.330 e. The van der Waals surface area contributed by atoms with Crippen LogP contribution in [-0.4, -0.2) is 34.8 Å². The molecule has 5 heteroatoms. The number of rotatable bonds is 5. The van der Waals surface area contributed by atoms with Gasteiger partial charge in [-0.2, -0.15) is 0 Å². The van der Waals surface area contributed by atoms with Crippen LogP contribution in [0.2, 0.25) is 0 Å². The maximum absolute atomic E-state index is 11.2. The van der Waals surface area contributed by atoms with Crippen LogP contribution in [0.4, 0.5) is 0 Å². The molecule has 2 heterocycles. The van der Waals surface area contributed by atoms with Crippen LogP contribution in [0.15, 0.2) is 18.6 Å². The van der Waals surface area contributed by atoms with E-state index in [9.17, 15) is 4.79 Å². The number of esters is 1. The molecule has 5 nitrogen and oxygen atoms in total. The first-order valence-electron chi connectivity index (χ1n) is 5.76. The molecule has 1 atom stereocenters. The van der Waals surface area contributed by atoms with Crippen molar-refractivity contribution >= 4 is 12.0 Å². The average molecular weight is 236 g/mol. The van der Waals surface area contributed by atoms with E-state index in [2.05, 4.69) is 4.98 Å². The Morgan fingerprint density at radius 3 is 3.24 bits per heavy atom. The zero-order valence-electron chi connectivity index (χ0n) is 9.83. The molecule has 0 bridgehead atoms. The molecule has 0 aliphatic carbocycles. The third-order valence-corrected chi connectivity index (χ3v) is 2.61. The Morgan fingerprint density at radius 1 is 1.76 bits per heavy atom. The number of aromatic nitrogens is 2. The first-order valence-corrected chi connectivity index (χ1v) is 5.76. The molecule has 1 aromatic heterocycles. The Bertz CT molecular complexity index is 408. The monoisotopic (exact) mass is 236 g/mol. The van der Waals surface area contributed by atoms with E-state index in [1.165, 1.54) is 6.08 Å². The van der Waals surface area contributed by atoms with Crippen LogP contribution >= 0.6 is 0 Å². The normalized spacial score (nSPS) is 19.2. The Hall–Kier alpha value is -1.62. The van der Waals surface area contributed by atoms with Gasteiger partial charge < -0.3 is 14.0 Å². The fourth-order valence-electron chi connectivity index (χ4n) is 1.61. The standard InChI is InChI=1S/C12H16N2O3/c1-2-16-12(15)4-3-10-7-13-9-14(10)8-11-5-6-17-11/h3-4,7,9,11H,2,5-6,8H2,1H3/b4-3+. The summed E-state index contributed by atoms with van der Waals surface area (Å²) in [5, 5.41) is 0. The largest absolute Gasteiger partial charge is 0.463 e. The van der Waals surface area contributed by atoms with Gasteiger partial charge in [-0.1, -0.05) is 0 Å².